The summed E-state index contributed by atoms with van der Waals surface area (Å²) in [6.45, 7) is 2.66. The summed E-state index contributed by atoms with van der Waals surface area (Å²) in [5.41, 5.74) is 1.92. The van der Waals surface area contributed by atoms with E-state index >= 15 is 0 Å². The highest BCUT2D eigenvalue weighted by Crippen LogP contribution is 2.34. The SMILES string of the molecule is CC(C(=O)NC1CC1)N1CCC(O)c2ccccc21. The Balaban J connectivity index is 1.80. The maximum absolute atomic E-state index is 12.2. The number of fused-ring (bicyclic) bond motifs is 1. The summed E-state index contributed by atoms with van der Waals surface area (Å²) >= 11 is 0. The number of anilines is 1. The van der Waals surface area contributed by atoms with Gasteiger partial charge in [-0.05, 0) is 32.3 Å². The Bertz CT molecular complexity index is 485. The molecular formula is C15H20N2O2. The van der Waals surface area contributed by atoms with Gasteiger partial charge in [0, 0.05) is 23.8 Å². The third-order valence-electron chi connectivity index (χ3n) is 4.02. The van der Waals surface area contributed by atoms with Crippen LogP contribution in [0.1, 0.15) is 37.9 Å². The third-order valence-corrected chi connectivity index (χ3v) is 4.02. The van der Waals surface area contributed by atoms with Crippen LogP contribution in [0.15, 0.2) is 24.3 Å². The molecule has 19 heavy (non-hydrogen) atoms. The van der Waals surface area contributed by atoms with Crippen LogP contribution in [0.2, 0.25) is 0 Å². The highest BCUT2D eigenvalue weighted by atomic mass is 16.3. The first-order chi connectivity index (χ1) is 9.16. The van der Waals surface area contributed by atoms with Crippen molar-refractivity contribution < 1.29 is 9.90 Å². The van der Waals surface area contributed by atoms with Crippen LogP contribution in [0.5, 0.6) is 0 Å². The van der Waals surface area contributed by atoms with Crippen molar-refractivity contribution in [1.29, 1.82) is 0 Å². The molecule has 0 bridgehead atoms. The molecule has 0 spiro atoms. The molecule has 1 aromatic rings. The van der Waals surface area contributed by atoms with Gasteiger partial charge in [0.25, 0.3) is 0 Å². The average molecular weight is 260 g/mol. The van der Waals surface area contributed by atoms with E-state index in [4.69, 9.17) is 0 Å². The average Bonchev–Trinajstić information content (AvgIpc) is 3.23. The van der Waals surface area contributed by atoms with Gasteiger partial charge in [-0.25, -0.2) is 0 Å². The predicted octanol–water partition coefficient (Wildman–Crippen LogP) is 1.60. The quantitative estimate of drug-likeness (QED) is 0.868. The number of rotatable bonds is 3. The third kappa shape index (κ3) is 2.45. The van der Waals surface area contributed by atoms with Crippen LogP contribution >= 0.6 is 0 Å². The molecule has 2 unspecified atom stereocenters. The van der Waals surface area contributed by atoms with E-state index in [9.17, 15) is 9.90 Å². The van der Waals surface area contributed by atoms with Crippen molar-refractivity contribution in [3.8, 4) is 0 Å². The van der Waals surface area contributed by atoms with Crippen LogP contribution < -0.4 is 10.2 Å². The van der Waals surface area contributed by atoms with Crippen molar-refractivity contribution in [1.82, 2.24) is 5.32 Å². The van der Waals surface area contributed by atoms with Crippen LogP contribution in [-0.4, -0.2) is 29.6 Å². The number of benzene rings is 1. The fourth-order valence-corrected chi connectivity index (χ4v) is 2.66. The van der Waals surface area contributed by atoms with E-state index in [2.05, 4.69) is 10.2 Å². The Hall–Kier alpha value is -1.55. The number of carbonyl (C=O) groups excluding carboxylic acids is 1. The Labute approximate surface area is 113 Å². The molecule has 0 aromatic heterocycles. The molecule has 2 aliphatic rings. The maximum atomic E-state index is 12.2. The van der Waals surface area contributed by atoms with Crippen molar-refractivity contribution in [3.05, 3.63) is 29.8 Å². The molecule has 0 radical (unpaired) electrons. The molecular weight excluding hydrogens is 240 g/mol. The van der Waals surface area contributed by atoms with E-state index in [0.717, 1.165) is 30.6 Å². The van der Waals surface area contributed by atoms with E-state index in [-0.39, 0.29) is 11.9 Å². The zero-order valence-corrected chi connectivity index (χ0v) is 11.2. The number of nitrogens with zero attached hydrogens (tertiary/aromatic N) is 1. The fourth-order valence-electron chi connectivity index (χ4n) is 2.66. The summed E-state index contributed by atoms with van der Waals surface area (Å²) in [6, 6.07) is 8.02. The molecule has 2 atom stereocenters. The van der Waals surface area contributed by atoms with Crippen molar-refractivity contribution in [2.24, 2.45) is 0 Å². The number of carbonyl (C=O) groups is 1. The number of aliphatic hydroxyl groups is 1. The molecule has 3 rings (SSSR count). The Morgan fingerprint density at radius 1 is 1.37 bits per heavy atom. The molecule has 102 valence electrons. The van der Waals surface area contributed by atoms with Gasteiger partial charge in [0.15, 0.2) is 0 Å². The van der Waals surface area contributed by atoms with Crippen molar-refractivity contribution in [3.63, 3.8) is 0 Å². The largest absolute Gasteiger partial charge is 0.388 e. The van der Waals surface area contributed by atoms with Gasteiger partial charge in [-0.15, -0.1) is 0 Å². The lowest BCUT2D eigenvalue weighted by molar-refractivity contribution is -0.122. The van der Waals surface area contributed by atoms with E-state index in [1.165, 1.54) is 0 Å². The minimum atomic E-state index is -0.411. The minimum absolute atomic E-state index is 0.0914. The summed E-state index contributed by atoms with van der Waals surface area (Å²) < 4.78 is 0. The number of hydrogen-bond acceptors (Lipinski definition) is 3. The smallest absolute Gasteiger partial charge is 0.242 e. The summed E-state index contributed by atoms with van der Waals surface area (Å²) in [6.07, 6.45) is 2.48. The number of para-hydroxylation sites is 1. The molecule has 4 heteroatoms. The van der Waals surface area contributed by atoms with E-state index in [0.29, 0.717) is 12.5 Å². The zero-order chi connectivity index (χ0) is 13.4. The van der Waals surface area contributed by atoms with Crippen molar-refractivity contribution >= 4 is 11.6 Å². The van der Waals surface area contributed by atoms with Crippen molar-refractivity contribution in [2.45, 2.75) is 44.4 Å². The van der Waals surface area contributed by atoms with Gasteiger partial charge in [0.05, 0.1) is 6.10 Å². The second kappa shape index (κ2) is 4.85. The van der Waals surface area contributed by atoms with Crippen LogP contribution in [0.4, 0.5) is 5.69 Å². The second-order valence-electron chi connectivity index (χ2n) is 5.52. The number of hydrogen-bond donors (Lipinski definition) is 2. The monoisotopic (exact) mass is 260 g/mol. The predicted molar refractivity (Wildman–Crippen MR) is 74.0 cm³/mol. The first-order valence-corrected chi connectivity index (χ1v) is 7.01. The fraction of sp³-hybridized carbons (Fsp3) is 0.533. The van der Waals surface area contributed by atoms with Gasteiger partial charge in [-0.3, -0.25) is 4.79 Å². The zero-order valence-electron chi connectivity index (χ0n) is 11.2. The molecule has 1 aliphatic carbocycles. The Morgan fingerprint density at radius 3 is 2.84 bits per heavy atom. The summed E-state index contributed by atoms with van der Waals surface area (Å²) in [4.78, 5) is 14.3. The maximum Gasteiger partial charge on any atom is 0.242 e. The van der Waals surface area contributed by atoms with Crippen LogP contribution in [0.3, 0.4) is 0 Å². The first kappa shape index (κ1) is 12.5. The second-order valence-corrected chi connectivity index (χ2v) is 5.52. The van der Waals surface area contributed by atoms with E-state index < -0.39 is 6.10 Å². The molecule has 1 saturated carbocycles. The number of nitrogens with one attached hydrogen (secondary N) is 1. The molecule has 4 nitrogen and oxygen atoms in total. The normalized spacial score (nSPS) is 23.7. The van der Waals surface area contributed by atoms with Crippen molar-refractivity contribution in [2.75, 3.05) is 11.4 Å². The van der Waals surface area contributed by atoms with Gasteiger partial charge >= 0.3 is 0 Å². The van der Waals surface area contributed by atoms with Gasteiger partial charge < -0.3 is 15.3 Å². The summed E-state index contributed by atoms with van der Waals surface area (Å²) in [7, 11) is 0. The lowest BCUT2D eigenvalue weighted by Crippen LogP contribution is -2.48. The van der Waals surface area contributed by atoms with E-state index in [1.807, 2.05) is 31.2 Å². The molecule has 2 N–H and O–H groups in total. The molecule has 1 amide bonds. The molecule has 1 heterocycles. The minimum Gasteiger partial charge on any atom is -0.388 e. The highest BCUT2D eigenvalue weighted by Gasteiger charge is 2.32. The van der Waals surface area contributed by atoms with Gasteiger partial charge in [-0.1, -0.05) is 18.2 Å². The van der Waals surface area contributed by atoms with E-state index in [1.54, 1.807) is 0 Å². The summed E-state index contributed by atoms with van der Waals surface area (Å²) in [5.74, 6) is 0.0914. The van der Waals surface area contributed by atoms with Gasteiger partial charge in [0.1, 0.15) is 6.04 Å². The van der Waals surface area contributed by atoms with Crippen LogP contribution in [0, 0.1) is 0 Å². The molecule has 1 aromatic carbocycles. The van der Waals surface area contributed by atoms with Crippen LogP contribution in [0.25, 0.3) is 0 Å². The lowest BCUT2D eigenvalue weighted by atomic mass is 9.97. The van der Waals surface area contributed by atoms with Gasteiger partial charge in [-0.2, -0.15) is 0 Å². The topological polar surface area (TPSA) is 52.6 Å². The number of amides is 1. The first-order valence-electron chi connectivity index (χ1n) is 7.01. The molecule has 1 aliphatic heterocycles. The lowest BCUT2D eigenvalue weighted by Gasteiger charge is -2.37. The van der Waals surface area contributed by atoms with Gasteiger partial charge in [0.2, 0.25) is 5.91 Å². The molecule has 1 fully saturated rings. The standard InChI is InChI=1S/C15H20N2O2/c1-10(15(19)16-11-6-7-11)17-9-8-14(18)12-4-2-3-5-13(12)17/h2-5,10-11,14,18H,6-9H2,1H3,(H,16,19). The van der Waals surface area contributed by atoms with Crippen LogP contribution in [-0.2, 0) is 4.79 Å². The highest BCUT2D eigenvalue weighted by molar-refractivity contribution is 5.85. The summed E-state index contributed by atoms with van der Waals surface area (Å²) in [5, 5.41) is 13.1. The molecule has 0 saturated heterocycles. The Kier molecular flexibility index (Phi) is 3.19. The number of aliphatic hydroxyl groups excluding tert-OH is 1. The Morgan fingerprint density at radius 2 is 2.11 bits per heavy atom.